The zero-order valence-corrected chi connectivity index (χ0v) is 40.8. The van der Waals surface area contributed by atoms with E-state index < -0.39 is 454 Å². The van der Waals surface area contributed by atoms with Gasteiger partial charge in [0.1, 0.15) is 22.3 Å². The number of benzene rings is 16. The summed E-state index contributed by atoms with van der Waals surface area (Å²) in [6, 6.07) is -41.1. The highest BCUT2D eigenvalue weighted by atomic mass is 16.3. The van der Waals surface area contributed by atoms with Gasteiger partial charge in [0, 0.05) is 43.8 Å². The van der Waals surface area contributed by atoms with Gasteiger partial charge in [0.05, 0.1) is 65.8 Å². The first-order valence-corrected chi connectivity index (χ1v) is 24.3. The second kappa shape index (κ2) is 18.4. The van der Waals surface area contributed by atoms with Crippen molar-refractivity contribution in [3.63, 3.8) is 0 Å². The standard InChI is InChI=1S/2C40H24O/c1-3-14-27-25(11-1)13-9-20-29(27)37-30-16-5-7-18-32(30)38(33-19-8-6-17-31(33)37)34-21-10-22-35-39-28-15-4-2-12-26(28)23-24-36(39)41-40(34)35;1-2-12-27-24-28(21-20-25(27)10-1)37-30-14-5-7-16-32(30)38(33-17-8-6-15-31(33)37)34-18-9-19-35-39-29-13-4-3-11-26(29)22-23-36(39)41-40(34)35/h2*1-24H/i2*1D,2D,3D,4D,5D,6D,7D,8D,9D,10D,11D,12D,13D,14D,15D,16D,17D,18D,19D,20D,21D,22D,23D,24D. The minimum atomic E-state index is -0.944. The molecule has 2 heterocycles. The molecule has 0 unspecified atom stereocenters. The van der Waals surface area contributed by atoms with Crippen molar-refractivity contribution in [2.45, 2.75) is 0 Å². The van der Waals surface area contributed by atoms with Gasteiger partial charge in [-0.15, -0.1) is 0 Å². The van der Waals surface area contributed by atoms with Gasteiger partial charge in [-0.3, -0.25) is 0 Å². The van der Waals surface area contributed by atoms with E-state index in [1.165, 1.54) is 0 Å². The van der Waals surface area contributed by atoms with Gasteiger partial charge in [0.15, 0.2) is 0 Å². The highest BCUT2D eigenvalue weighted by molar-refractivity contribution is 6.29. The van der Waals surface area contributed by atoms with Crippen molar-refractivity contribution in [2.24, 2.45) is 0 Å². The molecule has 0 amide bonds. The molecule has 82 heavy (non-hydrogen) atoms. The van der Waals surface area contributed by atoms with Gasteiger partial charge in [-0.25, -0.2) is 0 Å². The molecule has 16 aromatic carbocycles. The van der Waals surface area contributed by atoms with Crippen LogP contribution in [0.5, 0.6) is 0 Å². The maximum atomic E-state index is 9.43. The molecule has 0 fully saturated rings. The summed E-state index contributed by atoms with van der Waals surface area (Å²) in [6.07, 6.45) is 0. The summed E-state index contributed by atoms with van der Waals surface area (Å²) in [4.78, 5) is 0. The zero-order valence-electron chi connectivity index (χ0n) is 88.8. The minimum Gasteiger partial charge on any atom is -0.455 e. The molecule has 18 aromatic rings. The van der Waals surface area contributed by atoms with E-state index in [9.17, 15) is 17.8 Å². The fourth-order valence-electron chi connectivity index (χ4n) is 10.5. The smallest absolute Gasteiger partial charge is 0.143 e. The third-order valence-electron chi connectivity index (χ3n) is 13.8. The van der Waals surface area contributed by atoms with Gasteiger partial charge in [0.25, 0.3) is 0 Å². The Balaban J connectivity index is 0.000000182. The molecule has 0 spiro atoms. The summed E-state index contributed by atoms with van der Waals surface area (Å²) in [6.45, 7) is 0. The predicted octanol–water partition coefficient (Wildman–Crippen LogP) is 23.1. The van der Waals surface area contributed by atoms with Gasteiger partial charge in [-0.2, -0.15) is 0 Å². The first-order valence-electron chi connectivity index (χ1n) is 48.3. The largest absolute Gasteiger partial charge is 0.455 e. The van der Waals surface area contributed by atoms with E-state index in [1.54, 1.807) is 0 Å². The molecule has 2 aromatic heterocycles. The second-order valence-corrected chi connectivity index (χ2v) is 18.0. The Kier molecular flexibility index (Phi) is 4.31. The molecular formula is C80H48O2. The van der Waals surface area contributed by atoms with E-state index in [2.05, 4.69) is 0 Å². The molecule has 18 rings (SSSR count). The van der Waals surface area contributed by atoms with E-state index in [0.29, 0.717) is 0 Å². The van der Waals surface area contributed by atoms with Crippen LogP contribution in [-0.2, 0) is 0 Å². The molecule has 0 atom stereocenters. The molecule has 0 N–H and O–H groups in total. The van der Waals surface area contributed by atoms with Crippen molar-refractivity contribution >= 4 is 130 Å². The Hall–Kier alpha value is -10.8. The summed E-state index contributed by atoms with van der Waals surface area (Å²) in [5.41, 5.74) is -7.63. The van der Waals surface area contributed by atoms with E-state index in [0.717, 1.165) is 0 Å². The van der Waals surface area contributed by atoms with Crippen molar-refractivity contribution in [2.75, 3.05) is 0 Å². The van der Waals surface area contributed by atoms with Crippen molar-refractivity contribution in [3.05, 3.63) is 290 Å². The Labute approximate surface area is 539 Å². The van der Waals surface area contributed by atoms with Crippen LogP contribution in [0.3, 0.4) is 0 Å². The Morgan fingerprint density at radius 1 is 0.207 bits per heavy atom. The van der Waals surface area contributed by atoms with Gasteiger partial charge in [-0.1, -0.05) is 272 Å². The van der Waals surface area contributed by atoms with Crippen LogP contribution in [0.15, 0.2) is 299 Å². The van der Waals surface area contributed by atoms with Gasteiger partial charge in [0.2, 0.25) is 0 Å². The number of furan rings is 2. The van der Waals surface area contributed by atoms with Crippen LogP contribution in [0.25, 0.3) is 175 Å². The lowest BCUT2D eigenvalue weighted by atomic mass is 9.84. The van der Waals surface area contributed by atoms with Gasteiger partial charge < -0.3 is 8.83 Å². The maximum absolute atomic E-state index is 9.43. The lowest BCUT2D eigenvalue weighted by molar-refractivity contribution is 0.670. The molecule has 2 nitrogen and oxygen atoms in total. The van der Waals surface area contributed by atoms with Crippen LogP contribution in [0.2, 0.25) is 0 Å². The third kappa shape index (κ3) is 7.02. The topological polar surface area (TPSA) is 26.3 Å². The third-order valence-corrected chi connectivity index (χ3v) is 13.8. The molecule has 0 aliphatic heterocycles. The summed E-state index contributed by atoms with van der Waals surface area (Å²) >= 11 is 0. The summed E-state index contributed by atoms with van der Waals surface area (Å²) in [7, 11) is 0. The van der Waals surface area contributed by atoms with Crippen LogP contribution >= 0.6 is 0 Å². The van der Waals surface area contributed by atoms with Crippen molar-refractivity contribution in [1.29, 1.82) is 0 Å². The highest BCUT2D eigenvalue weighted by Crippen LogP contribution is 2.50. The quantitative estimate of drug-likeness (QED) is 0.164. The fourth-order valence-corrected chi connectivity index (χ4v) is 10.5. The first kappa shape index (κ1) is 19.2. The van der Waals surface area contributed by atoms with Crippen LogP contribution in [-0.4, -0.2) is 0 Å². The predicted molar refractivity (Wildman–Crippen MR) is 349 cm³/mol. The Bertz CT molecular complexity index is 8440. The minimum absolute atomic E-state index is 0.363. The van der Waals surface area contributed by atoms with E-state index in [1.807, 2.05) is 0 Å². The number of rotatable bonds is 4. The van der Waals surface area contributed by atoms with Gasteiger partial charge in [-0.05, 0) is 127 Å². The lowest BCUT2D eigenvalue weighted by Gasteiger charge is -2.18. The normalized spacial score (nSPS) is 20.1. The van der Waals surface area contributed by atoms with Crippen LogP contribution in [0, 0.1) is 0 Å². The van der Waals surface area contributed by atoms with Gasteiger partial charge >= 0.3 is 0 Å². The Morgan fingerprint density at radius 3 is 0.976 bits per heavy atom. The molecule has 0 saturated heterocycles. The molecule has 0 radical (unpaired) electrons. The molecular weight excluding hydrogens is 993 g/mol. The number of hydrogen-bond donors (Lipinski definition) is 0. The first-order chi connectivity index (χ1) is 60.7. The number of fused-ring (bicyclic) bond motifs is 16. The SMILES string of the molecule is [2H]c1c([2H])c([2H])c2c(oc3c([2H])c([2H])c4c([2H])c([2H])c([2H])c([2H])c4c32)c1-c1c2c([2H])c([2H])c([2H])c([2H])c2c(-c2c([2H])c([2H])c([2H])c3c([2H])c([2H])c([2H])c([2H])c23)c2c([2H])c([2H])c([2H])c([2H])c12.[2H]c1c([2H])c([2H])c2c(oc3c([2H])c([2H])c4c([2H])c([2H])c([2H])c([2H])c4c32)c1-c1c2c([2H])c([2H])c([2H])c([2H])c2c(-c2c([2H])c([2H])c3c([2H])c([2H])c([2H])c([2H])c3c2[2H])c2c([2H])c([2H])c([2H])c([2H])c12. The molecule has 0 bridgehead atoms. The zero-order chi connectivity index (χ0) is 95.6. The Morgan fingerprint density at radius 2 is 0.512 bits per heavy atom. The summed E-state index contributed by atoms with van der Waals surface area (Å²) < 4.78 is 440. The van der Waals surface area contributed by atoms with Crippen molar-refractivity contribution in [3.8, 4) is 44.5 Å². The van der Waals surface area contributed by atoms with Crippen LogP contribution in [0.1, 0.15) is 65.8 Å². The monoisotopic (exact) mass is 1090 g/mol. The molecule has 2 heteroatoms. The van der Waals surface area contributed by atoms with E-state index >= 15 is 0 Å². The molecule has 0 aliphatic carbocycles. The summed E-state index contributed by atoms with van der Waals surface area (Å²) in [5, 5.41) is -11.0. The maximum Gasteiger partial charge on any atom is 0.143 e. The molecule has 0 aliphatic rings. The van der Waals surface area contributed by atoms with Crippen molar-refractivity contribution in [1.82, 2.24) is 0 Å². The molecule has 0 saturated carbocycles. The average Bonchev–Trinajstić information content (AvgIpc) is 1.14. The average molecular weight is 1090 g/mol. The lowest BCUT2D eigenvalue weighted by Crippen LogP contribution is -1.91. The second-order valence-electron chi connectivity index (χ2n) is 18.0. The van der Waals surface area contributed by atoms with Crippen LogP contribution < -0.4 is 0 Å². The van der Waals surface area contributed by atoms with E-state index in [-0.39, 0.29) is 10.8 Å². The van der Waals surface area contributed by atoms with E-state index in [4.69, 9.17) is 56.8 Å². The number of hydrogen-bond acceptors (Lipinski definition) is 2. The van der Waals surface area contributed by atoms with Crippen LogP contribution in [0.4, 0.5) is 0 Å². The number of para-hydroxylation sites is 2. The fraction of sp³-hybridized carbons (Fsp3) is 0. The molecule has 380 valence electrons. The summed E-state index contributed by atoms with van der Waals surface area (Å²) in [5.74, 6) is 0. The highest BCUT2D eigenvalue weighted by Gasteiger charge is 2.24. The van der Waals surface area contributed by atoms with Crippen molar-refractivity contribution < 1.29 is 74.6 Å².